The van der Waals surface area contributed by atoms with Crippen LogP contribution in [0.3, 0.4) is 0 Å². The van der Waals surface area contributed by atoms with Crippen LogP contribution in [0.25, 0.3) is 11.3 Å². The lowest BCUT2D eigenvalue weighted by Gasteiger charge is -2.16. The summed E-state index contributed by atoms with van der Waals surface area (Å²) < 4.78 is 7.51. The molecule has 25 heavy (non-hydrogen) atoms. The summed E-state index contributed by atoms with van der Waals surface area (Å²) >= 11 is 1.58. The number of amides is 1. The summed E-state index contributed by atoms with van der Waals surface area (Å²) in [5.74, 6) is -0.244. The molecule has 1 atom stereocenters. The lowest BCUT2D eigenvalue weighted by molar-refractivity contribution is 0.0936. The Hall–Kier alpha value is -2.45. The number of ether oxygens (including phenoxy) is 1. The van der Waals surface area contributed by atoms with E-state index in [0.717, 1.165) is 24.3 Å². The van der Waals surface area contributed by atoms with Crippen LogP contribution in [0.15, 0.2) is 34.7 Å². The molecule has 0 aliphatic carbocycles. The fraction of sp³-hybridized carbons (Fsp3) is 0.353. The maximum atomic E-state index is 12.6. The number of rotatable bonds is 5. The number of hydrogen-bond donors (Lipinski definition) is 2. The number of carbonyl (C=O) groups excluding carboxylic acids is 1. The summed E-state index contributed by atoms with van der Waals surface area (Å²) in [4.78, 5) is 25.7. The van der Waals surface area contributed by atoms with E-state index in [1.807, 2.05) is 22.1 Å². The lowest BCUT2D eigenvalue weighted by atomic mass is 10.1. The topological polar surface area (TPSA) is 89.0 Å². The van der Waals surface area contributed by atoms with Crippen LogP contribution in [0, 0.1) is 0 Å². The van der Waals surface area contributed by atoms with Crippen LogP contribution in [0.5, 0.6) is 0 Å². The first-order chi connectivity index (χ1) is 12.2. The number of fused-ring (bicyclic) bond motifs is 1. The molecule has 1 amide bonds. The minimum Gasteiger partial charge on any atom is -0.376 e. The molecule has 0 radical (unpaired) electrons. The molecule has 4 heterocycles. The average molecular weight is 358 g/mol. The number of hydrogen-bond acceptors (Lipinski definition) is 5. The van der Waals surface area contributed by atoms with Gasteiger partial charge in [-0.1, -0.05) is 6.07 Å². The van der Waals surface area contributed by atoms with Gasteiger partial charge in [-0.3, -0.25) is 9.59 Å². The molecule has 1 unspecified atom stereocenters. The summed E-state index contributed by atoms with van der Waals surface area (Å²) in [7, 11) is 0. The van der Waals surface area contributed by atoms with Crippen molar-refractivity contribution in [2.24, 2.45) is 0 Å². The molecule has 1 saturated heterocycles. The second-order valence-electron chi connectivity index (χ2n) is 6.08. The van der Waals surface area contributed by atoms with Crippen LogP contribution in [0.2, 0.25) is 0 Å². The van der Waals surface area contributed by atoms with Crippen molar-refractivity contribution in [3.05, 3.63) is 50.7 Å². The normalized spacial score (nSPS) is 17.2. The first kappa shape index (κ1) is 16.0. The fourth-order valence-electron chi connectivity index (χ4n) is 3.06. The van der Waals surface area contributed by atoms with E-state index >= 15 is 0 Å². The van der Waals surface area contributed by atoms with Crippen molar-refractivity contribution in [3.8, 4) is 11.3 Å². The van der Waals surface area contributed by atoms with Crippen LogP contribution in [0.4, 0.5) is 0 Å². The number of aromatic amines is 1. The molecule has 1 aromatic rings. The van der Waals surface area contributed by atoms with E-state index in [1.165, 1.54) is 0 Å². The number of nitrogens with one attached hydrogen (secondary N) is 2. The van der Waals surface area contributed by atoms with Gasteiger partial charge in [-0.15, -0.1) is 11.3 Å². The summed E-state index contributed by atoms with van der Waals surface area (Å²) in [6.45, 7) is 1.83. The van der Waals surface area contributed by atoms with Gasteiger partial charge in [-0.05, 0) is 24.3 Å². The number of nitrogens with zero attached hydrogens (tertiary/aromatic N) is 2. The quantitative estimate of drug-likeness (QED) is 0.728. The van der Waals surface area contributed by atoms with Crippen molar-refractivity contribution < 1.29 is 9.53 Å². The van der Waals surface area contributed by atoms with Crippen molar-refractivity contribution in [2.75, 3.05) is 6.61 Å². The van der Waals surface area contributed by atoms with Crippen LogP contribution < -0.4 is 10.9 Å². The van der Waals surface area contributed by atoms with Gasteiger partial charge in [0.15, 0.2) is 0 Å². The SMILES string of the molecule is O=C(NCc1cccs1)c1cn(CC2CCCO2)cc2c(=O)[nH]nc1-2. The van der Waals surface area contributed by atoms with Gasteiger partial charge in [0.25, 0.3) is 11.5 Å². The minimum absolute atomic E-state index is 0.117. The highest BCUT2D eigenvalue weighted by Gasteiger charge is 2.23. The molecule has 0 aromatic carbocycles. The summed E-state index contributed by atoms with van der Waals surface area (Å²) in [5, 5.41) is 11.3. The Morgan fingerprint density at radius 3 is 3.16 bits per heavy atom. The van der Waals surface area contributed by atoms with Crippen molar-refractivity contribution in [1.29, 1.82) is 0 Å². The molecule has 2 N–H and O–H groups in total. The Labute approximate surface area is 148 Å². The van der Waals surface area contributed by atoms with E-state index in [4.69, 9.17) is 4.74 Å². The highest BCUT2D eigenvalue weighted by Crippen LogP contribution is 2.22. The van der Waals surface area contributed by atoms with Gasteiger partial charge in [-0.25, -0.2) is 5.10 Å². The van der Waals surface area contributed by atoms with Gasteiger partial charge in [0, 0.05) is 30.4 Å². The van der Waals surface area contributed by atoms with Crippen molar-refractivity contribution in [1.82, 2.24) is 20.1 Å². The van der Waals surface area contributed by atoms with E-state index < -0.39 is 0 Å². The van der Waals surface area contributed by atoms with E-state index in [9.17, 15) is 9.59 Å². The van der Waals surface area contributed by atoms with Gasteiger partial charge in [0.05, 0.1) is 23.8 Å². The lowest BCUT2D eigenvalue weighted by Crippen LogP contribution is -2.25. The molecule has 1 fully saturated rings. The van der Waals surface area contributed by atoms with Gasteiger partial charge in [-0.2, -0.15) is 5.10 Å². The Kier molecular flexibility index (Phi) is 4.37. The second-order valence-corrected chi connectivity index (χ2v) is 7.11. The van der Waals surface area contributed by atoms with Crippen LogP contribution in [-0.2, 0) is 17.8 Å². The third-order valence-corrected chi connectivity index (χ3v) is 5.18. The summed E-state index contributed by atoms with van der Waals surface area (Å²) in [5.41, 5.74) is 0.924. The number of carbonyl (C=O) groups is 1. The predicted octanol–water partition coefficient (Wildman–Crippen LogP) is 1.85. The molecular weight excluding hydrogens is 340 g/mol. The van der Waals surface area contributed by atoms with Crippen LogP contribution >= 0.6 is 11.3 Å². The van der Waals surface area contributed by atoms with Crippen molar-refractivity contribution in [3.63, 3.8) is 0 Å². The van der Waals surface area contributed by atoms with Gasteiger partial charge < -0.3 is 14.6 Å². The van der Waals surface area contributed by atoms with E-state index in [0.29, 0.717) is 29.9 Å². The molecule has 7 nitrogen and oxygen atoms in total. The Morgan fingerprint density at radius 1 is 1.48 bits per heavy atom. The molecule has 1 aromatic heterocycles. The Morgan fingerprint density at radius 2 is 2.40 bits per heavy atom. The second kappa shape index (κ2) is 6.81. The number of thiophene rings is 1. The maximum Gasteiger partial charge on any atom is 0.275 e. The van der Waals surface area contributed by atoms with Gasteiger partial charge in [0.2, 0.25) is 0 Å². The molecule has 8 heteroatoms. The highest BCUT2D eigenvalue weighted by atomic mass is 32.1. The maximum absolute atomic E-state index is 12.6. The fourth-order valence-corrected chi connectivity index (χ4v) is 3.71. The molecular formula is C17H18N4O3S. The first-order valence-corrected chi connectivity index (χ1v) is 9.09. The van der Waals surface area contributed by atoms with E-state index in [2.05, 4.69) is 15.5 Å². The van der Waals surface area contributed by atoms with Gasteiger partial charge >= 0.3 is 0 Å². The van der Waals surface area contributed by atoms with Gasteiger partial charge in [0.1, 0.15) is 5.69 Å². The number of pyridine rings is 1. The third-order valence-electron chi connectivity index (χ3n) is 4.30. The molecule has 4 rings (SSSR count). The standard InChI is InChI=1S/C17H18N4O3S/c22-16(18-7-12-4-2-6-25-12)13-9-21(8-11-3-1-5-24-11)10-14-15(13)19-20-17(14)23/h2,4,6,9-11H,1,3,5,7-8H2,(H,18,22)(H,20,23). The number of H-pyrrole nitrogens is 1. The smallest absolute Gasteiger partial charge is 0.275 e. The minimum atomic E-state index is -0.288. The monoisotopic (exact) mass is 358 g/mol. The largest absolute Gasteiger partial charge is 0.376 e. The number of aromatic nitrogens is 3. The van der Waals surface area contributed by atoms with E-state index in [1.54, 1.807) is 23.7 Å². The zero-order chi connectivity index (χ0) is 17.2. The van der Waals surface area contributed by atoms with Crippen LogP contribution in [-0.4, -0.2) is 33.4 Å². The first-order valence-electron chi connectivity index (χ1n) is 8.21. The van der Waals surface area contributed by atoms with Crippen molar-refractivity contribution >= 4 is 17.2 Å². The Bertz CT molecular complexity index is 893. The predicted molar refractivity (Wildman–Crippen MR) is 93.9 cm³/mol. The summed E-state index contributed by atoms with van der Waals surface area (Å²) in [6, 6.07) is 3.91. The molecule has 3 aliphatic rings. The zero-order valence-corrected chi connectivity index (χ0v) is 14.3. The molecule has 3 aliphatic heterocycles. The molecule has 130 valence electrons. The zero-order valence-electron chi connectivity index (χ0n) is 13.5. The average Bonchev–Trinajstić information content (AvgIpc) is 3.36. The Balaban J connectivity index is 1.61. The molecule has 0 saturated carbocycles. The molecule has 0 bridgehead atoms. The highest BCUT2D eigenvalue weighted by molar-refractivity contribution is 7.09. The van der Waals surface area contributed by atoms with Crippen LogP contribution in [0.1, 0.15) is 28.1 Å². The molecule has 0 spiro atoms. The van der Waals surface area contributed by atoms with Crippen molar-refractivity contribution in [2.45, 2.75) is 32.0 Å². The third kappa shape index (κ3) is 3.35. The van der Waals surface area contributed by atoms with E-state index in [-0.39, 0.29) is 17.6 Å². The summed E-state index contributed by atoms with van der Waals surface area (Å²) in [6.07, 6.45) is 5.62.